The molecule has 0 aliphatic heterocycles. The number of hydrogen-bond donors (Lipinski definition) is 2. The molecule has 1 aromatic rings. The summed E-state index contributed by atoms with van der Waals surface area (Å²) in [6.07, 6.45) is -4.71. The van der Waals surface area contributed by atoms with Gasteiger partial charge in [0.15, 0.2) is 0 Å². The van der Waals surface area contributed by atoms with Crippen LogP contribution in [0.1, 0.15) is 5.56 Å². The topological polar surface area (TPSA) is 67.4 Å². The van der Waals surface area contributed by atoms with Gasteiger partial charge in [-0.1, -0.05) is 12.1 Å². The zero-order valence-electron chi connectivity index (χ0n) is 10.7. The number of halogens is 3. The predicted molar refractivity (Wildman–Crippen MR) is 67.7 cm³/mol. The third-order valence-electron chi connectivity index (χ3n) is 2.34. The van der Waals surface area contributed by atoms with Gasteiger partial charge >= 0.3 is 6.36 Å². The van der Waals surface area contributed by atoms with Crippen molar-refractivity contribution in [3.63, 3.8) is 0 Å². The molecule has 0 aromatic heterocycles. The van der Waals surface area contributed by atoms with E-state index in [1.807, 2.05) is 0 Å². The molecule has 0 bridgehead atoms. The highest BCUT2D eigenvalue weighted by Gasteiger charge is 2.30. The summed E-state index contributed by atoms with van der Waals surface area (Å²) in [6.45, 7) is 0.593. The number of alkyl halides is 3. The quantitative estimate of drug-likeness (QED) is 0.743. The average molecular weight is 312 g/mol. The Morgan fingerprint density at radius 1 is 1.20 bits per heavy atom. The van der Waals surface area contributed by atoms with Gasteiger partial charge in [-0.05, 0) is 24.7 Å². The van der Waals surface area contributed by atoms with Gasteiger partial charge in [0.25, 0.3) is 0 Å². The van der Waals surface area contributed by atoms with Gasteiger partial charge in [0.2, 0.25) is 10.0 Å². The normalized spacial score (nSPS) is 12.4. The molecular weight excluding hydrogens is 297 g/mol. The average Bonchev–Trinajstić information content (AvgIpc) is 2.35. The van der Waals surface area contributed by atoms with Crippen molar-refractivity contribution in [3.05, 3.63) is 29.8 Å². The van der Waals surface area contributed by atoms with E-state index in [1.165, 1.54) is 31.3 Å². The van der Waals surface area contributed by atoms with E-state index < -0.39 is 16.4 Å². The highest BCUT2D eigenvalue weighted by Crippen LogP contribution is 2.22. The lowest BCUT2D eigenvalue weighted by Crippen LogP contribution is -2.29. The van der Waals surface area contributed by atoms with Gasteiger partial charge in [0, 0.05) is 13.1 Å². The molecule has 0 saturated carbocycles. The van der Waals surface area contributed by atoms with Crippen molar-refractivity contribution >= 4 is 10.0 Å². The lowest BCUT2D eigenvalue weighted by Gasteiger charge is -2.09. The molecule has 0 saturated heterocycles. The third kappa shape index (κ3) is 6.73. The first-order chi connectivity index (χ1) is 9.22. The Kier molecular flexibility index (Phi) is 5.78. The maximum absolute atomic E-state index is 11.9. The molecule has 5 nitrogen and oxygen atoms in total. The molecule has 0 spiro atoms. The summed E-state index contributed by atoms with van der Waals surface area (Å²) in [5.41, 5.74) is 0.724. The molecule has 1 rings (SSSR count). The van der Waals surface area contributed by atoms with Gasteiger partial charge in [-0.2, -0.15) is 0 Å². The number of nitrogens with one attached hydrogen (secondary N) is 2. The second kappa shape index (κ2) is 6.91. The minimum atomic E-state index is -4.71. The molecule has 2 N–H and O–H groups in total. The molecule has 0 amide bonds. The fraction of sp³-hybridized carbons (Fsp3) is 0.455. The molecule has 0 fully saturated rings. The maximum Gasteiger partial charge on any atom is 0.573 e. The number of benzene rings is 1. The van der Waals surface area contributed by atoms with Crippen LogP contribution >= 0.6 is 0 Å². The van der Waals surface area contributed by atoms with Crippen LogP contribution < -0.4 is 14.8 Å². The van der Waals surface area contributed by atoms with Gasteiger partial charge in [-0.3, -0.25) is 0 Å². The Morgan fingerprint density at radius 3 is 2.30 bits per heavy atom. The van der Waals surface area contributed by atoms with Gasteiger partial charge in [0.05, 0.1) is 5.75 Å². The highest BCUT2D eigenvalue weighted by atomic mass is 32.2. The molecule has 20 heavy (non-hydrogen) atoms. The van der Waals surface area contributed by atoms with Crippen LogP contribution in [-0.4, -0.2) is 34.1 Å². The van der Waals surface area contributed by atoms with Crippen molar-refractivity contribution in [1.82, 2.24) is 10.0 Å². The van der Waals surface area contributed by atoms with Crippen LogP contribution in [0.5, 0.6) is 5.75 Å². The molecule has 9 heteroatoms. The van der Waals surface area contributed by atoms with Crippen LogP contribution in [0.3, 0.4) is 0 Å². The monoisotopic (exact) mass is 312 g/mol. The summed E-state index contributed by atoms with van der Waals surface area (Å²) in [7, 11) is -1.93. The molecule has 0 aliphatic carbocycles. The Morgan fingerprint density at radius 2 is 1.80 bits per heavy atom. The Balaban J connectivity index is 2.39. The van der Waals surface area contributed by atoms with Gasteiger partial charge in [0.1, 0.15) is 5.75 Å². The summed E-state index contributed by atoms with van der Waals surface area (Å²) in [5, 5.41) is 2.88. The van der Waals surface area contributed by atoms with Gasteiger partial charge < -0.3 is 10.1 Å². The third-order valence-corrected chi connectivity index (χ3v) is 3.71. The maximum atomic E-state index is 11.9. The molecule has 114 valence electrons. The molecule has 0 unspecified atom stereocenters. The molecule has 0 atom stereocenters. The van der Waals surface area contributed by atoms with E-state index >= 15 is 0 Å². The Labute approximate surface area is 115 Å². The lowest BCUT2D eigenvalue weighted by molar-refractivity contribution is -0.274. The smallest absolute Gasteiger partial charge is 0.406 e. The predicted octanol–water partition coefficient (Wildman–Crippen LogP) is 1.22. The summed E-state index contributed by atoms with van der Waals surface area (Å²) in [4.78, 5) is 0. The van der Waals surface area contributed by atoms with Crippen LogP contribution in [-0.2, 0) is 16.6 Å². The standard InChI is InChI=1S/C11H15F3N2O3S/c1-15-20(17,18)7-6-16-8-9-2-4-10(5-3-9)19-11(12,13)14/h2-5,15-16H,6-8H2,1H3. The molecule has 0 radical (unpaired) electrons. The summed E-state index contributed by atoms with van der Waals surface area (Å²) in [5.74, 6) is -0.363. The van der Waals surface area contributed by atoms with Crippen LogP contribution in [0, 0.1) is 0 Å². The highest BCUT2D eigenvalue weighted by molar-refractivity contribution is 7.89. The van der Waals surface area contributed by atoms with Gasteiger partial charge in [-0.15, -0.1) is 13.2 Å². The summed E-state index contributed by atoms with van der Waals surface area (Å²) < 4.78 is 64.0. The molecule has 0 aliphatic rings. The Bertz CT molecular complexity index is 515. The molecule has 1 aromatic carbocycles. The van der Waals surface area contributed by atoms with E-state index in [-0.39, 0.29) is 18.0 Å². The van der Waals surface area contributed by atoms with Crippen molar-refractivity contribution < 1.29 is 26.3 Å². The van der Waals surface area contributed by atoms with E-state index in [2.05, 4.69) is 14.8 Å². The second-order valence-corrected chi connectivity index (χ2v) is 5.94. The largest absolute Gasteiger partial charge is 0.573 e. The van der Waals surface area contributed by atoms with E-state index in [4.69, 9.17) is 0 Å². The minimum Gasteiger partial charge on any atom is -0.406 e. The van der Waals surface area contributed by atoms with E-state index in [9.17, 15) is 21.6 Å². The van der Waals surface area contributed by atoms with Crippen molar-refractivity contribution in [3.8, 4) is 5.75 Å². The SMILES string of the molecule is CNS(=O)(=O)CCNCc1ccc(OC(F)(F)F)cc1. The van der Waals surface area contributed by atoms with Crippen molar-refractivity contribution in [1.29, 1.82) is 0 Å². The zero-order chi connectivity index (χ0) is 15.2. The summed E-state index contributed by atoms with van der Waals surface area (Å²) >= 11 is 0. The minimum absolute atomic E-state index is 0.0707. The first kappa shape index (κ1) is 16.7. The van der Waals surface area contributed by atoms with Crippen molar-refractivity contribution in [2.75, 3.05) is 19.3 Å². The van der Waals surface area contributed by atoms with Crippen LogP contribution in [0.4, 0.5) is 13.2 Å². The molecule has 0 heterocycles. The zero-order valence-corrected chi connectivity index (χ0v) is 11.5. The van der Waals surface area contributed by atoms with Crippen molar-refractivity contribution in [2.45, 2.75) is 12.9 Å². The van der Waals surface area contributed by atoms with Crippen molar-refractivity contribution in [2.24, 2.45) is 0 Å². The van der Waals surface area contributed by atoms with Crippen LogP contribution in [0.25, 0.3) is 0 Å². The van der Waals surface area contributed by atoms with E-state index in [0.29, 0.717) is 6.54 Å². The molecular formula is C11H15F3N2O3S. The summed E-state index contributed by atoms with van der Waals surface area (Å²) in [6, 6.07) is 5.35. The fourth-order valence-electron chi connectivity index (χ4n) is 1.35. The van der Waals surface area contributed by atoms with E-state index in [1.54, 1.807) is 0 Å². The van der Waals surface area contributed by atoms with E-state index in [0.717, 1.165) is 5.56 Å². The number of hydrogen-bond acceptors (Lipinski definition) is 4. The lowest BCUT2D eigenvalue weighted by atomic mass is 10.2. The van der Waals surface area contributed by atoms with Crippen LogP contribution in [0.15, 0.2) is 24.3 Å². The second-order valence-electron chi connectivity index (χ2n) is 3.89. The number of sulfonamides is 1. The first-order valence-corrected chi connectivity index (χ1v) is 7.34. The van der Waals surface area contributed by atoms with Gasteiger partial charge in [-0.25, -0.2) is 13.1 Å². The number of rotatable bonds is 7. The Hall–Kier alpha value is -1.32. The first-order valence-electron chi connectivity index (χ1n) is 5.68. The number of ether oxygens (including phenoxy) is 1. The fourth-order valence-corrected chi connectivity index (χ4v) is 1.97. The van der Waals surface area contributed by atoms with Crippen LogP contribution in [0.2, 0.25) is 0 Å².